The summed E-state index contributed by atoms with van der Waals surface area (Å²) in [5.41, 5.74) is 0.990. The number of hydrogen-bond donors (Lipinski definition) is 1. The van der Waals surface area contributed by atoms with Crippen LogP contribution in [0.4, 0.5) is 5.69 Å². The fourth-order valence-corrected chi connectivity index (χ4v) is 8.61. The zero-order valence-corrected chi connectivity index (χ0v) is 20.1. The standard InChI is InChI=1S/C22H23N3O5S3/c26-22-19(23-32(27,28)15-16-5-2-1-3-6-16)8-9-20-18-11-17(13-25(20)22)12-24(14-18)33(29,30)21-7-4-10-31-21/h1-10,17-18,23H,11-15H2/t17-,18-/m1/s1. The van der Waals surface area contributed by atoms with Gasteiger partial charge >= 0.3 is 0 Å². The van der Waals surface area contributed by atoms with E-state index in [2.05, 4.69) is 4.72 Å². The number of thiophene rings is 1. The fraction of sp³-hybridized carbons (Fsp3) is 0.318. The van der Waals surface area contributed by atoms with Crippen molar-refractivity contribution in [2.75, 3.05) is 17.8 Å². The van der Waals surface area contributed by atoms with Crippen molar-refractivity contribution in [3.05, 3.63) is 81.6 Å². The highest BCUT2D eigenvalue weighted by molar-refractivity contribution is 7.92. The second kappa shape index (κ2) is 8.39. The lowest BCUT2D eigenvalue weighted by atomic mass is 9.84. The van der Waals surface area contributed by atoms with E-state index in [9.17, 15) is 21.6 Å². The van der Waals surface area contributed by atoms with Crippen molar-refractivity contribution in [3.8, 4) is 0 Å². The van der Waals surface area contributed by atoms with Crippen molar-refractivity contribution in [2.24, 2.45) is 5.92 Å². The Kier molecular flexibility index (Phi) is 5.68. The molecule has 0 aliphatic carbocycles. The molecule has 0 radical (unpaired) electrons. The van der Waals surface area contributed by atoms with Crippen LogP contribution in [0.15, 0.2) is 69.0 Å². The number of anilines is 1. The third-order valence-electron chi connectivity index (χ3n) is 6.12. The van der Waals surface area contributed by atoms with Crippen LogP contribution >= 0.6 is 11.3 Å². The predicted octanol–water partition coefficient (Wildman–Crippen LogP) is 2.66. The Balaban J connectivity index is 1.40. The number of sulfonamides is 2. The topological polar surface area (TPSA) is 106 Å². The van der Waals surface area contributed by atoms with E-state index in [1.807, 2.05) is 6.07 Å². The van der Waals surface area contributed by atoms with Crippen molar-refractivity contribution in [1.82, 2.24) is 8.87 Å². The highest BCUT2D eigenvalue weighted by atomic mass is 32.2. The molecule has 5 rings (SSSR count). The zero-order chi connectivity index (χ0) is 23.2. The van der Waals surface area contributed by atoms with Gasteiger partial charge in [-0.15, -0.1) is 11.3 Å². The zero-order valence-electron chi connectivity index (χ0n) is 17.6. The number of pyridine rings is 1. The summed E-state index contributed by atoms with van der Waals surface area (Å²) in [6.45, 7) is 0.997. The average Bonchev–Trinajstić information content (AvgIpc) is 3.32. The smallest absolute Gasteiger partial charge is 0.275 e. The van der Waals surface area contributed by atoms with Crippen LogP contribution in [0, 0.1) is 5.92 Å². The lowest BCUT2D eigenvalue weighted by Gasteiger charge is -2.42. The van der Waals surface area contributed by atoms with Gasteiger partial charge in [-0.2, -0.15) is 4.31 Å². The molecule has 3 aromatic rings. The molecule has 2 aliphatic heterocycles. The average molecular weight is 506 g/mol. The van der Waals surface area contributed by atoms with Crippen LogP contribution in [0.3, 0.4) is 0 Å². The van der Waals surface area contributed by atoms with Crippen molar-refractivity contribution in [1.29, 1.82) is 0 Å². The Morgan fingerprint density at radius 3 is 2.45 bits per heavy atom. The Hall–Kier alpha value is -2.47. The minimum absolute atomic E-state index is 0.0118. The molecule has 11 heteroatoms. The van der Waals surface area contributed by atoms with Gasteiger partial charge in [0.05, 0.1) is 5.75 Å². The van der Waals surface area contributed by atoms with E-state index in [1.54, 1.807) is 52.4 Å². The molecule has 1 saturated heterocycles. The third-order valence-corrected chi connectivity index (χ3v) is 10.6. The number of aromatic nitrogens is 1. The van der Waals surface area contributed by atoms with E-state index >= 15 is 0 Å². The quantitative estimate of drug-likeness (QED) is 0.555. The first-order valence-electron chi connectivity index (χ1n) is 10.5. The van der Waals surface area contributed by atoms with E-state index in [4.69, 9.17) is 0 Å². The van der Waals surface area contributed by atoms with Crippen LogP contribution in [0.5, 0.6) is 0 Å². The molecule has 2 aliphatic rings. The molecule has 1 N–H and O–H groups in total. The van der Waals surface area contributed by atoms with Crippen molar-refractivity contribution in [3.63, 3.8) is 0 Å². The van der Waals surface area contributed by atoms with Gasteiger partial charge in [-0.05, 0) is 41.5 Å². The monoisotopic (exact) mass is 505 g/mol. The molecule has 174 valence electrons. The summed E-state index contributed by atoms with van der Waals surface area (Å²) in [4.78, 5) is 13.1. The van der Waals surface area contributed by atoms with Gasteiger partial charge in [0.25, 0.3) is 15.6 Å². The first-order chi connectivity index (χ1) is 15.7. The van der Waals surface area contributed by atoms with Crippen LogP contribution in [0.2, 0.25) is 0 Å². The van der Waals surface area contributed by atoms with E-state index in [-0.39, 0.29) is 23.3 Å². The summed E-state index contributed by atoms with van der Waals surface area (Å²) in [7, 11) is -7.32. The van der Waals surface area contributed by atoms with Crippen molar-refractivity contribution in [2.45, 2.75) is 28.8 Å². The maximum Gasteiger partial charge on any atom is 0.275 e. The Bertz CT molecular complexity index is 1430. The summed E-state index contributed by atoms with van der Waals surface area (Å²) in [5.74, 6) is -0.356. The molecule has 8 nitrogen and oxygen atoms in total. The summed E-state index contributed by atoms with van der Waals surface area (Å²) < 4.78 is 57.1. The molecule has 2 atom stereocenters. The van der Waals surface area contributed by atoms with Gasteiger partial charge in [-0.3, -0.25) is 9.52 Å². The minimum atomic E-state index is -3.76. The first-order valence-corrected chi connectivity index (χ1v) is 14.5. The summed E-state index contributed by atoms with van der Waals surface area (Å²) in [5, 5.41) is 1.74. The lowest BCUT2D eigenvalue weighted by Crippen LogP contribution is -2.49. The largest absolute Gasteiger partial charge is 0.310 e. The molecule has 4 heterocycles. The Morgan fingerprint density at radius 2 is 1.73 bits per heavy atom. The molecule has 1 fully saturated rings. The lowest BCUT2D eigenvalue weighted by molar-refractivity contribution is 0.186. The van der Waals surface area contributed by atoms with Gasteiger partial charge in [-0.1, -0.05) is 36.4 Å². The number of nitrogens with one attached hydrogen (secondary N) is 1. The van der Waals surface area contributed by atoms with E-state index in [1.165, 1.54) is 21.7 Å². The molecule has 2 aromatic heterocycles. The number of hydrogen-bond acceptors (Lipinski definition) is 6. The first kappa shape index (κ1) is 22.3. The van der Waals surface area contributed by atoms with Gasteiger partial charge < -0.3 is 4.57 Å². The molecule has 0 saturated carbocycles. The highest BCUT2D eigenvalue weighted by Crippen LogP contribution is 2.38. The third kappa shape index (κ3) is 4.37. The van der Waals surface area contributed by atoms with Crippen LogP contribution in [0.25, 0.3) is 0 Å². The molecule has 2 bridgehead atoms. The Labute approximate surface area is 196 Å². The normalized spacial score (nSPS) is 20.8. The molecule has 0 spiro atoms. The Morgan fingerprint density at radius 1 is 0.939 bits per heavy atom. The molecule has 0 amide bonds. The van der Waals surface area contributed by atoms with Crippen molar-refractivity contribution >= 4 is 37.1 Å². The summed E-state index contributed by atoms with van der Waals surface area (Å²) in [6, 6.07) is 15.3. The van der Waals surface area contributed by atoms with E-state index in [0.717, 1.165) is 12.1 Å². The summed E-state index contributed by atoms with van der Waals surface area (Å²) >= 11 is 1.20. The van der Waals surface area contributed by atoms with Crippen LogP contribution in [-0.4, -0.2) is 38.8 Å². The molecule has 0 unspecified atom stereocenters. The van der Waals surface area contributed by atoms with E-state index in [0.29, 0.717) is 29.4 Å². The number of benzene rings is 1. The minimum Gasteiger partial charge on any atom is -0.310 e. The van der Waals surface area contributed by atoms with Crippen LogP contribution in [-0.2, 0) is 32.3 Å². The fourth-order valence-electron chi connectivity index (χ4n) is 4.71. The van der Waals surface area contributed by atoms with Crippen LogP contribution < -0.4 is 10.3 Å². The number of nitrogens with zero attached hydrogens (tertiary/aromatic N) is 2. The summed E-state index contributed by atoms with van der Waals surface area (Å²) in [6.07, 6.45) is 0.801. The van der Waals surface area contributed by atoms with Gasteiger partial charge in [0.2, 0.25) is 10.0 Å². The maximum atomic E-state index is 13.1. The molecule has 33 heavy (non-hydrogen) atoms. The van der Waals surface area contributed by atoms with E-state index < -0.39 is 25.6 Å². The van der Waals surface area contributed by atoms with Gasteiger partial charge in [0.15, 0.2) is 0 Å². The highest BCUT2D eigenvalue weighted by Gasteiger charge is 2.40. The van der Waals surface area contributed by atoms with Crippen molar-refractivity contribution < 1.29 is 16.8 Å². The number of rotatable bonds is 6. The van der Waals surface area contributed by atoms with Gasteiger partial charge in [0, 0.05) is 31.2 Å². The second-order valence-electron chi connectivity index (χ2n) is 8.49. The number of piperidine rings is 1. The van der Waals surface area contributed by atoms with Gasteiger partial charge in [0.1, 0.15) is 9.90 Å². The second-order valence-corrected chi connectivity index (χ2v) is 13.3. The predicted molar refractivity (Wildman–Crippen MR) is 127 cm³/mol. The SMILES string of the molecule is O=c1c(NS(=O)(=O)Cc2ccccc2)ccc2n1C[C@@H]1C[C@@H]2CN(S(=O)(=O)c2cccs2)C1. The molecule has 1 aromatic carbocycles. The number of fused-ring (bicyclic) bond motifs is 4. The molecular formula is C22H23N3O5S3. The molecular weight excluding hydrogens is 482 g/mol. The van der Waals surface area contributed by atoms with Crippen LogP contribution in [0.1, 0.15) is 23.6 Å². The maximum absolute atomic E-state index is 13.1. The van der Waals surface area contributed by atoms with Gasteiger partial charge in [-0.25, -0.2) is 16.8 Å².